The van der Waals surface area contributed by atoms with Crippen molar-refractivity contribution in [2.45, 2.75) is 5.41 Å². The molecular formula is C65H42N2O. The average molecular weight is 867 g/mol. The normalized spacial score (nSPS) is 12.8. The molecule has 0 spiro atoms. The van der Waals surface area contributed by atoms with Crippen LogP contribution in [0.2, 0.25) is 0 Å². The van der Waals surface area contributed by atoms with Crippen molar-refractivity contribution in [3.63, 3.8) is 0 Å². The summed E-state index contributed by atoms with van der Waals surface area (Å²) in [5.41, 5.74) is 17.8. The molecule has 0 aliphatic heterocycles. The highest BCUT2D eigenvalue weighted by atomic mass is 16.3. The van der Waals surface area contributed by atoms with Gasteiger partial charge in [0.2, 0.25) is 0 Å². The maximum Gasteiger partial charge on any atom is 0.143 e. The first-order valence-electron chi connectivity index (χ1n) is 23.4. The lowest BCUT2D eigenvalue weighted by atomic mass is 9.68. The van der Waals surface area contributed by atoms with E-state index in [0.717, 1.165) is 61.2 Å². The van der Waals surface area contributed by atoms with Gasteiger partial charge in [-0.25, -0.2) is 0 Å². The summed E-state index contributed by atoms with van der Waals surface area (Å²) in [6.07, 6.45) is 0. The second-order valence-corrected chi connectivity index (χ2v) is 18.0. The standard InChI is InChI=1S/C65H42N2O/c1-3-19-46(20-4-1)65(47-21-5-2-6-22-47)57-28-12-9-27-55(57)63-58(65)29-16-32-61(63)66(50-38-40-62-56(42-50)54-39-35-44-17-7-8-24-51(44)64(54)68-62)48-36-33-43(34-37-48)45-18-15-23-49(41-45)67-59-30-13-10-25-52(59)53-26-11-14-31-60(53)67/h1-42H. The molecule has 1 aliphatic rings. The van der Waals surface area contributed by atoms with E-state index in [4.69, 9.17) is 4.42 Å². The predicted octanol–water partition coefficient (Wildman–Crippen LogP) is 17.3. The van der Waals surface area contributed by atoms with E-state index in [1.165, 1.54) is 60.6 Å². The van der Waals surface area contributed by atoms with E-state index in [-0.39, 0.29) is 0 Å². The molecule has 0 unspecified atom stereocenters. The molecule has 0 saturated heterocycles. The fourth-order valence-corrected chi connectivity index (χ4v) is 11.5. The first kappa shape index (κ1) is 38.4. The smallest absolute Gasteiger partial charge is 0.143 e. The van der Waals surface area contributed by atoms with Gasteiger partial charge in [-0.2, -0.15) is 0 Å². The van der Waals surface area contributed by atoms with Gasteiger partial charge in [-0.3, -0.25) is 0 Å². The predicted molar refractivity (Wildman–Crippen MR) is 283 cm³/mol. The number of aromatic nitrogens is 1. The molecule has 0 atom stereocenters. The number of benzene rings is 11. The first-order valence-corrected chi connectivity index (χ1v) is 23.4. The quantitative estimate of drug-likeness (QED) is 0.159. The highest BCUT2D eigenvalue weighted by Crippen LogP contribution is 2.59. The molecule has 3 heteroatoms. The summed E-state index contributed by atoms with van der Waals surface area (Å²) in [5, 5.41) is 6.99. The molecule has 0 fully saturated rings. The van der Waals surface area contributed by atoms with E-state index in [9.17, 15) is 0 Å². The van der Waals surface area contributed by atoms with Crippen LogP contribution in [0.25, 0.3) is 82.5 Å². The van der Waals surface area contributed by atoms with Crippen LogP contribution >= 0.6 is 0 Å². The molecule has 2 aromatic heterocycles. The van der Waals surface area contributed by atoms with Crippen LogP contribution in [-0.2, 0) is 5.41 Å². The lowest BCUT2D eigenvalue weighted by Crippen LogP contribution is -2.28. The molecule has 13 aromatic rings. The van der Waals surface area contributed by atoms with Crippen molar-refractivity contribution in [1.82, 2.24) is 4.57 Å². The Bertz CT molecular complexity index is 3990. The first-order chi connectivity index (χ1) is 33.7. The summed E-state index contributed by atoms with van der Waals surface area (Å²) in [7, 11) is 0. The molecule has 0 amide bonds. The lowest BCUT2D eigenvalue weighted by Gasteiger charge is -2.34. The van der Waals surface area contributed by atoms with Gasteiger partial charge >= 0.3 is 0 Å². The molecule has 1 aliphatic carbocycles. The summed E-state index contributed by atoms with van der Waals surface area (Å²) in [4.78, 5) is 2.46. The zero-order valence-electron chi connectivity index (χ0n) is 37.1. The highest BCUT2D eigenvalue weighted by Gasteiger charge is 2.47. The second-order valence-electron chi connectivity index (χ2n) is 18.0. The Morgan fingerprint density at radius 3 is 1.75 bits per heavy atom. The van der Waals surface area contributed by atoms with E-state index in [1.807, 2.05) is 0 Å². The topological polar surface area (TPSA) is 21.3 Å². The van der Waals surface area contributed by atoms with Crippen molar-refractivity contribution in [3.05, 3.63) is 277 Å². The van der Waals surface area contributed by atoms with Crippen molar-refractivity contribution in [2.24, 2.45) is 0 Å². The van der Waals surface area contributed by atoms with Crippen LogP contribution in [0.3, 0.4) is 0 Å². The van der Waals surface area contributed by atoms with Crippen LogP contribution < -0.4 is 4.90 Å². The zero-order valence-corrected chi connectivity index (χ0v) is 37.1. The number of para-hydroxylation sites is 2. The Labute approximate surface area is 394 Å². The second kappa shape index (κ2) is 15.1. The molecule has 0 bridgehead atoms. The molecule has 2 heterocycles. The number of furan rings is 1. The number of fused-ring (bicyclic) bond motifs is 11. The van der Waals surface area contributed by atoms with E-state index in [0.29, 0.717) is 0 Å². The Hall–Kier alpha value is -8.92. The number of anilines is 3. The van der Waals surface area contributed by atoms with Crippen LogP contribution in [0, 0.1) is 0 Å². The van der Waals surface area contributed by atoms with Crippen molar-refractivity contribution < 1.29 is 4.42 Å². The number of nitrogens with zero attached hydrogens (tertiary/aromatic N) is 2. The van der Waals surface area contributed by atoms with Crippen LogP contribution in [0.4, 0.5) is 17.1 Å². The molecule has 0 saturated carbocycles. The van der Waals surface area contributed by atoms with Crippen LogP contribution in [0.15, 0.2) is 259 Å². The van der Waals surface area contributed by atoms with Gasteiger partial charge in [0.15, 0.2) is 0 Å². The molecule has 11 aromatic carbocycles. The minimum absolute atomic E-state index is 0.535. The molecule has 68 heavy (non-hydrogen) atoms. The third kappa shape index (κ3) is 5.60. The minimum atomic E-state index is -0.535. The van der Waals surface area contributed by atoms with Gasteiger partial charge in [0.1, 0.15) is 11.2 Å². The number of rotatable bonds is 7. The molecule has 0 radical (unpaired) electrons. The monoisotopic (exact) mass is 866 g/mol. The summed E-state index contributed by atoms with van der Waals surface area (Å²) in [6, 6.07) is 93.1. The van der Waals surface area contributed by atoms with Gasteiger partial charge in [0, 0.05) is 49.6 Å². The fraction of sp³-hybridized carbons (Fsp3) is 0.0154. The molecule has 3 nitrogen and oxygen atoms in total. The molecular weight excluding hydrogens is 825 g/mol. The summed E-state index contributed by atoms with van der Waals surface area (Å²) in [5.74, 6) is 0. The van der Waals surface area contributed by atoms with Crippen molar-refractivity contribution in [3.8, 4) is 27.9 Å². The van der Waals surface area contributed by atoms with Gasteiger partial charge in [-0.05, 0) is 111 Å². The number of hydrogen-bond donors (Lipinski definition) is 0. The van der Waals surface area contributed by atoms with E-state index in [1.54, 1.807) is 0 Å². The Kier molecular flexibility index (Phi) is 8.50. The molecule has 14 rings (SSSR count). The third-order valence-electron chi connectivity index (χ3n) is 14.4. The van der Waals surface area contributed by atoms with Crippen molar-refractivity contribution in [1.29, 1.82) is 0 Å². The third-order valence-corrected chi connectivity index (χ3v) is 14.4. The van der Waals surface area contributed by atoms with Gasteiger partial charge in [-0.1, -0.05) is 188 Å². The fourth-order valence-electron chi connectivity index (χ4n) is 11.5. The van der Waals surface area contributed by atoms with Crippen molar-refractivity contribution in [2.75, 3.05) is 4.90 Å². The number of hydrogen-bond acceptors (Lipinski definition) is 2. The zero-order chi connectivity index (χ0) is 44.8. The maximum atomic E-state index is 6.69. The summed E-state index contributed by atoms with van der Waals surface area (Å²) < 4.78 is 9.08. The van der Waals surface area contributed by atoms with Gasteiger partial charge < -0.3 is 13.9 Å². The van der Waals surface area contributed by atoms with Crippen LogP contribution in [-0.4, -0.2) is 4.57 Å². The average Bonchev–Trinajstić information content (AvgIpc) is 4.06. The highest BCUT2D eigenvalue weighted by molar-refractivity contribution is 6.16. The lowest BCUT2D eigenvalue weighted by molar-refractivity contribution is 0.672. The van der Waals surface area contributed by atoms with Crippen LogP contribution in [0.5, 0.6) is 0 Å². The van der Waals surface area contributed by atoms with Gasteiger partial charge in [-0.15, -0.1) is 0 Å². The minimum Gasteiger partial charge on any atom is -0.455 e. The summed E-state index contributed by atoms with van der Waals surface area (Å²) in [6.45, 7) is 0. The van der Waals surface area contributed by atoms with E-state index < -0.39 is 5.41 Å². The SMILES string of the molecule is c1ccc(C2(c3ccccc3)c3ccccc3-c3c(N(c4ccc(-c5cccc(-n6c7ccccc7c7ccccc76)c5)cc4)c4ccc5oc6c7ccccc7ccc6c5c4)cccc32)cc1. The Morgan fingerprint density at radius 1 is 0.382 bits per heavy atom. The Morgan fingerprint density at radius 2 is 1.00 bits per heavy atom. The van der Waals surface area contributed by atoms with E-state index >= 15 is 0 Å². The van der Waals surface area contributed by atoms with E-state index in [2.05, 4.69) is 264 Å². The maximum absolute atomic E-state index is 6.69. The van der Waals surface area contributed by atoms with Gasteiger partial charge in [0.05, 0.1) is 22.1 Å². The van der Waals surface area contributed by atoms with Gasteiger partial charge in [0.25, 0.3) is 0 Å². The molecule has 318 valence electrons. The van der Waals surface area contributed by atoms with Crippen molar-refractivity contribution >= 4 is 71.6 Å². The Balaban J connectivity index is 0.977. The van der Waals surface area contributed by atoms with Crippen LogP contribution in [0.1, 0.15) is 22.3 Å². The summed E-state index contributed by atoms with van der Waals surface area (Å²) >= 11 is 0. The largest absolute Gasteiger partial charge is 0.455 e. The molecule has 0 N–H and O–H groups in total.